The molecule has 158 valence electrons. The van der Waals surface area contributed by atoms with Gasteiger partial charge in [0, 0.05) is 5.56 Å². The standard InChI is InChI=1S/C26H20N2O4/c1-4-13-32-23-12-11-18-7-5-6-8-19(18)20(23)15-21-24(29)27-26(31)28(25(21)30)22-14-16(2)9-10-17(22)3/h1,5-12,14-15H,13H2,2-3H3,(H,27,29,31)/b21-15+. The lowest BCUT2D eigenvalue weighted by Gasteiger charge is -2.28. The highest BCUT2D eigenvalue weighted by molar-refractivity contribution is 6.39. The third kappa shape index (κ3) is 3.72. The Bertz CT molecular complexity index is 1350. The van der Waals surface area contributed by atoms with Gasteiger partial charge >= 0.3 is 6.03 Å². The molecule has 6 nitrogen and oxygen atoms in total. The Morgan fingerprint density at radius 1 is 1.06 bits per heavy atom. The van der Waals surface area contributed by atoms with Crippen molar-refractivity contribution in [2.75, 3.05) is 11.5 Å². The van der Waals surface area contributed by atoms with Crippen LogP contribution in [-0.2, 0) is 9.59 Å². The number of hydrogen-bond donors (Lipinski definition) is 1. The average molecular weight is 424 g/mol. The quantitative estimate of drug-likeness (QED) is 0.388. The zero-order valence-corrected chi connectivity index (χ0v) is 17.6. The summed E-state index contributed by atoms with van der Waals surface area (Å²) in [5, 5.41) is 3.96. The predicted molar refractivity (Wildman–Crippen MR) is 123 cm³/mol. The molecule has 1 aliphatic heterocycles. The molecule has 32 heavy (non-hydrogen) atoms. The fourth-order valence-electron chi connectivity index (χ4n) is 3.65. The summed E-state index contributed by atoms with van der Waals surface area (Å²) in [6.07, 6.45) is 6.79. The second-order valence-electron chi connectivity index (χ2n) is 7.44. The zero-order chi connectivity index (χ0) is 22.8. The van der Waals surface area contributed by atoms with Gasteiger partial charge in [-0.05, 0) is 54.0 Å². The van der Waals surface area contributed by atoms with Crippen molar-refractivity contribution >= 4 is 40.4 Å². The molecule has 0 aromatic heterocycles. The maximum absolute atomic E-state index is 13.4. The molecule has 4 amide bonds. The molecule has 0 aliphatic carbocycles. The van der Waals surface area contributed by atoms with E-state index in [0.717, 1.165) is 26.8 Å². The number of urea groups is 1. The Labute approximate surface area is 185 Å². The minimum absolute atomic E-state index is 0.0295. The minimum Gasteiger partial charge on any atom is -0.480 e. The molecule has 6 heteroatoms. The van der Waals surface area contributed by atoms with Crippen LogP contribution in [0.25, 0.3) is 16.8 Å². The van der Waals surface area contributed by atoms with Crippen molar-refractivity contribution in [1.82, 2.24) is 5.32 Å². The maximum Gasteiger partial charge on any atom is 0.335 e. The summed E-state index contributed by atoms with van der Waals surface area (Å²) in [5.41, 5.74) is 2.40. The van der Waals surface area contributed by atoms with Crippen LogP contribution in [0, 0.1) is 26.2 Å². The number of nitrogens with zero attached hydrogens (tertiary/aromatic N) is 1. The number of carbonyl (C=O) groups is 3. The average Bonchev–Trinajstić information content (AvgIpc) is 2.77. The smallest absolute Gasteiger partial charge is 0.335 e. The van der Waals surface area contributed by atoms with Crippen molar-refractivity contribution in [3.05, 3.63) is 76.9 Å². The topological polar surface area (TPSA) is 75.7 Å². The first-order chi connectivity index (χ1) is 15.4. The van der Waals surface area contributed by atoms with Gasteiger partial charge in [0.25, 0.3) is 11.8 Å². The monoisotopic (exact) mass is 424 g/mol. The summed E-state index contributed by atoms with van der Waals surface area (Å²) in [6, 6.07) is 15.8. The fourth-order valence-corrected chi connectivity index (χ4v) is 3.65. The predicted octanol–water partition coefficient (Wildman–Crippen LogP) is 4.14. The Balaban J connectivity index is 1.88. The van der Waals surface area contributed by atoms with Gasteiger partial charge < -0.3 is 4.74 Å². The number of nitrogens with one attached hydrogen (secondary N) is 1. The molecule has 1 aliphatic rings. The number of barbiturate groups is 1. The van der Waals surface area contributed by atoms with Crippen LogP contribution in [0.1, 0.15) is 16.7 Å². The fraction of sp³-hybridized carbons (Fsp3) is 0.115. The molecule has 4 rings (SSSR count). The van der Waals surface area contributed by atoms with Crippen LogP contribution in [0.2, 0.25) is 0 Å². The molecule has 1 heterocycles. The highest BCUT2D eigenvalue weighted by Crippen LogP contribution is 2.32. The number of imide groups is 2. The van der Waals surface area contributed by atoms with Gasteiger partial charge in [-0.1, -0.05) is 48.4 Å². The van der Waals surface area contributed by atoms with E-state index in [0.29, 0.717) is 17.0 Å². The van der Waals surface area contributed by atoms with E-state index in [1.54, 1.807) is 19.1 Å². The highest BCUT2D eigenvalue weighted by atomic mass is 16.5. The first kappa shape index (κ1) is 20.9. The van der Waals surface area contributed by atoms with Crippen molar-refractivity contribution in [2.24, 2.45) is 0 Å². The molecular formula is C26H20N2O4. The molecule has 1 N–H and O–H groups in total. The van der Waals surface area contributed by atoms with E-state index in [9.17, 15) is 14.4 Å². The Hall–Kier alpha value is -4.37. The molecular weight excluding hydrogens is 404 g/mol. The van der Waals surface area contributed by atoms with E-state index in [-0.39, 0.29) is 12.2 Å². The van der Waals surface area contributed by atoms with E-state index < -0.39 is 17.8 Å². The minimum atomic E-state index is -0.785. The van der Waals surface area contributed by atoms with Gasteiger partial charge in [-0.15, -0.1) is 6.42 Å². The highest BCUT2D eigenvalue weighted by Gasteiger charge is 2.37. The number of anilines is 1. The van der Waals surface area contributed by atoms with Crippen LogP contribution in [-0.4, -0.2) is 24.5 Å². The van der Waals surface area contributed by atoms with Crippen molar-refractivity contribution in [2.45, 2.75) is 13.8 Å². The summed E-state index contributed by atoms with van der Waals surface area (Å²) in [6.45, 7) is 3.69. The van der Waals surface area contributed by atoms with Gasteiger partial charge in [0.2, 0.25) is 0 Å². The van der Waals surface area contributed by atoms with E-state index in [2.05, 4.69) is 11.2 Å². The number of terminal acetylenes is 1. The van der Waals surface area contributed by atoms with E-state index in [1.807, 2.05) is 49.4 Å². The lowest BCUT2D eigenvalue weighted by Crippen LogP contribution is -2.54. The van der Waals surface area contributed by atoms with Crippen molar-refractivity contribution in [3.8, 4) is 18.1 Å². The number of amides is 4. The number of aryl methyl sites for hydroxylation is 2. The van der Waals surface area contributed by atoms with Gasteiger partial charge in [-0.3, -0.25) is 14.9 Å². The number of benzene rings is 3. The molecule has 0 unspecified atom stereocenters. The summed E-state index contributed by atoms with van der Waals surface area (Å²) < 4.78 is 5.67. The van der Waals surface area contributed by atoms with Crippen LogP contribution in [0.15, 0.2) is 60.2 Å². The van der Waals surface area contributed by atoms with Crippen LogP contribution in [0.3, 0.4) is 0 Å². The number of carbonyl (C=O) groups excluding carboxylic acids is 3. The van der Waals surface area contributed by atoms with Crippen LogP contribution >= 0.6 is 0 Å². The van der Waals surface area contributed by atoms with Crippen LogP contribution < -0.4 is 15.0 Å². The molecule has 1 fully saturated rings. The molecule has 3 aromatic carbocycles. The molecule has 3 aromatic rings. The molecule has 1 saturated heterocycles. The summed E-state index contributed by atoms with van der Waals surface area (Å²) >= 11 is 0. The first-order valence-electron chi connectivity index (χ1n) is 9.97. The van der Waals surface area contributed by atoms with Crippen molar-refractivity contribution < 1.29 is 19.1 Å². The molecule has 0 radical (unpaired) electrons. The van der Waals surface area contributed by atoms with E-state index >= 15 is 0 Å². The molecule has 0 atom stereocenters. The Kier molecular flexibility index (Phi) is 5.48. The lowest BCUT2D eigenvalue weighted by atomic mass is 9.99. The summed E-state index contributed by atoms with van der Waals surface area (Å²) in [7, 11) is 0. The second-order valence-corrected chi connectivity index (χ2v) is 7.44. The normalized spacial score (nSPS) is 15.1. The largest absolute Gasteiger partial charge is 0.480 e. The number of hydrogen-bond acceptors (Lipinski definition) is 4. The van der Waals surface area contributed by atoms with Gasteiger partial charge in [-0.25, -0.2) is 9.69 Å². The Morgan fingerprint density at radius 2 is 1.84 bits per heavy atom. The van der Waals surface area contributed by atoms with E-state index in [4.69, 9.17) is 11.2 Å². The van der Waals surface area contributed by atoms with Crippen LogP contribution in [0.4, 0.5) is 10.5 Å². The first-order valence-corrected chi connectivity index (χ1v) is 9.97. The summed E-state index contributed by atoms with van der Waals surface area (Å²) in [5.74, 6) is 1.38. The van der Waals surface area contributed by atoms with Crippen LogP contribution in [0.5, 0.6) is 5.75 Å². The molecule has 0 saturated carbocycles. The number of fused-ring (bicyclic) bond motifs is 1. The number of rotatable bonds is 4. The SMILES string of the molecule is C#CCOc1ccc2ccccc2c1/C=C1\C(=O)NC(=O)N(c2cc(C)ccc2C)C1=O. The van der Waals surface area contributed by atoms with Gasteiger partial charge in [0.1, 0.15) is 17.9 Å². The van der Waals surface area contributed by atoms with Gasteiger partial charge in [-0.2, -0.15) is 0 Å². The van der Waals surface area contributed by atoms with Gasteiger partial charge in [0.05, 0.1) is 5.69 Å². The third-order valence-corrected chi connectivity index (χ3v) is 5.24. The zero-order valence-electron chi connectivity index (χ0n) is 17.6. The second kappa shape index (κ2) is 8.40. The van der Waals surface area contributed by atoms with E-state index in [1.165, 1.54) is 6.08 Å². The maximum atomic E-state index is 13.4. The lowest BCUT2D eigenvalue weighted by molar-refractivity contribution is -0.122. The van der Waals surface area contributed by atoms with Crippen molar-refractivity contribution in [1.29, 1.82) is 0 Å². The van der Waals surface area contributed by atoms with Gasteiger partial charge in [0.15, 0.2) is 0 Å². The molecule has 0 spiro atoms. The third-order valence-electron chi connectivity index (χ3n) is 5.24. The van der Waals surface area contributed by atoms with Crippen molar-refractivity contribution in [3.63, 3.8) is 0 Å². The Morgan fingerprint density at radius 3 is 2.62 bits per heavy atom. The summed E-state index contributed by atoms with van der Waals surface area (Å²) in [4.78, 5) is 39.7. The molecule has 0 bridgehead atoms. The number of ether oxygens (including phenoxy) is 1.